The third kappa shape index (κ3) is 2.32. The second-order valence-corrected chi connectivity index (χ2v) is 6.05. The number of fused-ring (bicyclic) bond motifs is 2. The normalized spacial score (nSPS) is 15.2. The molecule has 120 valence electrons. The van der Waals surface area contributed by atoms with Gasteiger partial charge in [0.2, 0.25) is 0 Å². The smallest absolute Gasteiger partial charge is 0.261 e. The summed E-state index contributed by atoms with van der Waals surface area (Å²) >= 11 is 5.97. The Morgan fingerprint density at radius 2 is 1.92 bits per heavy atom. The van der Waals surface area contributed by atoms with Crippen LogP contribution in [0.1, 0.15) is 17.8 Å². The van der Waals surface area contributed by atoms with Gasteiger partial charge in [0.25, 0.3) is 5.56 Å². The van der Waals surface area contributed by atoms with Crippen molar-refractivity contribution in [1.29, 1.82) is 0 Å². The number of nitrogens with zero attached hydrogens (tertiary/aromatic N) is 2. The van der Waals surface area contributed by atoms with Gasteiger partial charge in [-0.2, -0.15) is 0 Å². The molecule has 2 aromatic carbocycles. The van der Waals surface area contributed by atoms with E-state index in [9.17, 15) is 13.6 Å². The van der Waals surface area contributed by atoms with Crippen LogP contribution in [0.15, 0.2) is 41.2 Å². The number of halogens is 3. The summed E-state index contributed by atoms with van der Waals surface area (Å²) in [5.41, 5.74) is 0.795. The van der Waals surface area contributed by atoms with Crippen LogP contribution in [0.4, 0.5) is 8.78 Å². The first-order valence-electron chi connectivity index (χ1n) is 7.39. The molecule has 0 bridgehead atoms. The van der Waals surface area contributed by atoms with Gasteiger partial charge in [-0.15, -0.1) is 0 Å². The minimum Gasteiger partial charge on any atom is -0.292 e. The van der Waals surface area contributed by atoms with Crippen LogP contribution in [0, 0.1) is 11.6 Å². The Hall–Kier alpha value is -2.53. The van der Waals surface area contributed by atoms with Crippen molar-refractivity contribution >= 4 is 34.2 Å². The first-order chi connectivity index (χ1) is 11.5. The van der Waals surface area contributed by atoms with Crippen LogP contribution in [-0.2, 0) is 6.54 Å². The Labute approximate surface area is 140 Å². The average molecular weight is 345 g/mol. The largest absolute Gasteiger partial charge is 0.292 e. The first kappa shape index (κ1) is 15.0. The average Bonchev–Trinajstić information content (AvgIpc) is 2.94. The molecule has 1 aliphatic heterocycles. The number of aromatic nitrogens is 2. The molecule has 0 amide bonds. The molecule has 2 heterocycles. The maximum absolute atomic E-state index is 13.9. The molecule has 0 N–H and O–H groups in total. The topological polar surface area (TPSA) is 34.9 Å². The third-order valence-corrected chi connectivity index (χ3v) is 4.36. The molecule has 24 heavy (non-hydrogen) atoms. The molecule has 6 heteroatoms. The summed E-state index contributed by atoms with van der Waals surface area (Å²) in [6.07, 6.45) is 1.91. The summed E-state index contributed by atoms with van der Waals surface area (Å²) in [4.78, 5) is 17.0. The Kier molecular flexibility index (Phi) is 3.46. The van der Waals surface area contributed by atoms with Gasteiger partial charge in [0.15, 0.2) is 0 Å². The molecular weight excluding hydrogens is 334 g/mol. The first-order valence-corrected chi connectivity index (χ1v) is 7.77. The molecule has 1 aliphatic rings. The molecule has 0 atom stereocenters. The molecule has 0 saturated heterocycles. The number of hydrogen-bond acceptors (Lipinski definition) is 2. The lowest BCUT2D eigenvalue weighted by molar-refractivity contribution is 0.579. The van der Waals surface area contributed by atoms with Crippen molar-refractivity contribution in [2.24, 2.45) is 0 Å². The van der Waals surface area contributed by atoms with Crippen LogP contribution in [0.5, 0.6) is 0 Å². The molecule has 0 fully saturated rings. The van der Waals surface area contributed by atoms with E-state index in [2.05, 4.69) is 4.98 Å². The van der Waals surface area contributed by atoms with E-state index in [1.54, 1.807) is 18.2 Å². The molecule has 3 nitrogen and oxygen atoms in total. The summed E-state index contributed by atoms with van der Waals surface area (Å²) < 4.78 is 29.3. The molecule has 1 aromatic heterocycles. The Morgan fingerprint density at radius 1 is 1.17 bits per heavy atom. The van der Waals surface area contributed by atoms with E-state index in [1.807, 2.05) is 0 Å². The zero-order chi connectivity index (χ0) is 16.8. The Morgan fingerprint density at radius 3 is 2.67 bits per heavy atom. The van der Waals surface area contributed by atoms with E-state index in [1.165, 1.54) is 28.8 Å². The summed E-state index contributed by atoms with van der Waals surface area (Å²) in [5.74, 6) is -0.864. The summed E-state index contributed by atoms with van der Waals surface area (Å²) in [7, 11) is 0. The fourth-order valence-electron chi connectivity index (χ4n) is 2.95. The van der Waals surface area contributed by atoms with E-state index in [4.69, 9.17) is 11.6 Å². The summed E-state index contributed by atoms with van der Waals surface area (Å²) in [6, 6.07) is 8.60. The molecule has 4 rings (SSSR count). The van der Waals surface area contributed by atoms with E-state index in [0.29, 0.717) is 40.3 Å². The van der Waals surface area contributed by atoms with Gasteiger partial charge >= 0.3 is 0 Å². The van der Waals surface area contributed by atoms with E-state index < -0.39 is 11.6 Å². The SMILES string of the molecule is O=c1c2ccc(Cl)cc2nc2n1CCC2=Cc1c(F)cccc1F. The van der Waals surface area contributed by atoms with Crippen LogP contribution >= 0.6 is 11.6 Å². The molecule has 0 saturated carbocycles. The Balaban J connectivity index is 1.95. The monoisotopic (exact) mass is 344 g/mol. The maximum Gasteiger partial charge on any atom is 0.261 e. The standard InChI is InChI=1S/C18H11ClF2N2O/c19-11-4-5-12-16(9-11)22-17-10(6-7-23(17)18(12)24)8-13-14(20)2-1-3-15(13)21/h1-5,8-9H,6-7H2. The predicted octanol–water partition coefficient (Wildman–Crippen LogP) is 4.27. The fraction of sp³-hybridized carbons (Fsp3) is 0.111. The highest BCUT2D eigenvalue weighted by Crippen LogP contribution is 2.29. The van der Waals surface area contributed by atoms with Crippen LogP contribution in [0.2, 0.25) is 5.02 Å². The zero-order valence-electron chi connectivity index (χ0n) is 12.4. The van der Waals surface area contributed by atoms with E-state index in [0.717, 1.165) is 0 Å². The fourth-order valence-corrected chi connectivity index (χ4v) is 3.12. The van der Waals surface area contributed by atoms with Crippen LogP contribution in [0.25, 0.3) is 22.6 Å². The molecule has 0 aliphatic carbocycles. The lowest BCUT2D eigenvalue weighted by atomic mass is 10.1. The lowest BCUT2D eigenvalue weighted by Gasteiger charge is -2.06. The van der Waals surface area contributed by atoms with Crippen LogP contribution in [0.3, 0.4) is 0 Å². The lowest BCUT2D eigenvalue weighted by Crippen LogP contribution is -2.20. The van der Waals surface area contributed by atoms with Crippen molar-refractivity contribution in [3.8, 4) is 0 Å². The van der Waals surface area contributed by atoms with Gasteiger partial charge < -0.3 is 0 Å². The highest BCUT2D eigenvalue weighted by molar-refractivity contribution is 6.31. The molecule has 0 unspecified atom stereocenters. The van der Waals surface area contributed by atoms with Gasteiger partial charge in [0.05, 0.1) is 10.9 Å². The predicted molar refractivity (Wildman–Crippen MR) is 89.9 cm³/mol. The van der Waals surface area contributed by atoms with Crippen molar-refractivity contribution in [3.05, 3.63) is 74.8 Å². The van der Waals surface area contributed by atoms with Crippen LogP contribution < -0.4 is 5.56 Å². The van der Waals surface area contributed by atoms with Gasteiger partial charge in [0, 0.05) is 17.1 Å². The summed E-state index contributed by atoms with van der Waals surface area (Å²) in [5, 5.41) is 0.949. The van der Waals surface area contributed by atoms with Crippen molar-refractivity contribution in [3.63, 3.8) is 0 Å². The molecular formula is C18H11ClF2N2O. The number of benzene rings is 2. The molecule has 0 spiro atoms. The third-order valence-electron chi connectivity index (χ3n) is 4.13. The minimum absolute atomic E-state index is 0.124. The molecule has 0 radical (unpaired) electrons. The van der Waals surface area contributed by atoms with Crippen molar-refractivity contribution in [1.82, 2.24) is 9.55 Å². The van der Waals surface area contributed by atoms with Crippen molar-refractivity contribution in [2.75, 3.05) is 0 Å². The zero-order valence-corrected chi connectivity index (χ0v) is 13.1. The molecule has 3 aromatic rings. The number of hydrogen-bond donors (Lipinski definition) is 0. The van der Waals surface area contributed by atoms with Gasteiger partial charge in [0.1, 0.15) is 17.5 Å². The van der Waals surface area contributed by atoms with Crippen LogP contribution in [-0.4, -0.2) is 9.55 Å². The minimum atomic E-state index is -0.646. The van der Waals surface area contributed by atoms with Gasteiger partial charge in [-0.3, -0.25) is 9.36 Å². The van der Waals surface area contributed by atoms with Gasteiger partial charge in [-0.05, 0) is 48.4 Å². The number of allylic oxidation sites excluding steroid dienone is 1. The maximum atomic E-state index is 13.9. The highest BCUT2D eigenvalue weighted by Gasteiger charge is 2.22. The second-order valence-electron chi connectivity index (χ2n) is 5.61. The quantitative estimate of drug-likeness (QED) is 0.660. The Bertz CT molecular complexity index is 1050. The van der Waals surface area contributed by atoms with Crippen molar-refractivity contribution < 1.29 is 8.78 Å². The van der Waals surface area contributed by atoms with Gasteiger partial charge in [-0.1, -0.05) is 17.7 Å². The highest BCUT2D eigenvalue weighted by atomic mass is 35.5. The van der Waals surface area contributed by atoms with E-state index >= 15 is 0 Å². The second kappa shape index (κ2) is 5.53. The van der Waals surface area contributed by atoms with E-state index in [-0.39, 0.29) is 11.1 Å². The van der Waals surface area contributed by atoms with Crippen molar-refractivity contribution in [2.45, 2.75) is 13.0 Å². The van der Waals surface area contributed by atoms with Gasteiger partial charge in [-0.25, -0.2) is 13.8 Å². The summed E-state index contributed by atoms with van der Waals surface area (Å²) in [6.45, 7) is 0.432. The number of rotatable bonds is 1.